The summed E-state index contributed by atoms with van der Waals surface area (Å²) >= 11 is 0. The van der Waals surface area contributed by atoms with Crippen LogP contribution >= 0.6 is 0 Å². The molecule has 16 heavy (non-hydrogen) atoms. The number of carboxylic acid groups (broad SMARTS) is 1. The number of aliphatic carboxylic acids is 1. The van der Waals surface area contributed by atoms with Gasteiger partial charge in [-0.1, -0.05) is 6.92 Å². The molecule has 0 aliphatic carbocycles. The maximum atomic E-state index is 12.8. The first-order chi connectivity index (χ1) is 7.24. The maximum Gasteiger partial charge on any atom is 0.406 e. The van der Waals surface area contributed by atoms with Gasteiger partial charge in [0.1, 0.15) is 0 Å². The van der Waals surface area contributed by atoms with E-state index in [0.29, 0.717) is 6.42 Å². The molecular weight excluding hydrogens is 223 g/mol. The zero-order chi connectivity index (χ0) is 12.6. The van der Waals surface area contributed by atoms with Gasteiger partial charge in [-0.25, -0.2) is 0 Å². The molecule has 0 aromatic heterocycles. The quantitative estimate of drug-likeness (QED) is 0.820. The summed E-state index contributed by atoms with van der Waals surface area (Å²) in [7, 11) is 0. The highest BCUT2D eigenvalue weighted by Crippen LogP contribution is 2.46. The fourth-order valence-corrected chi connectivity index (χ4v) is 2.00. The summed E-state index contributed by atoms with van der Waals surface area (Å²) in [5.41, 5.74) is -2.57. The van der Waals surface area contributed by atoms with Gasteiger partial charge in [-0.05, 0) is 26.3 Å². The summed E-state index contributed by atoms with van der Waals surface area (Å²) in [6, 6.07) is -0.0106. The molecule has 3 nitrogen and oxygen atoms in total. The zero-order valence-corrected chi connectivity index (χ0v) is 9.34. The monoisotopic (exact) mass is 239 g/mol. The molecule has 0 saturated carbocycles. The van der Waals surface area contributed by atoms with Gasteiger partial charge in [0.05, 0.1) is 0 Å². The number of hydrogen-bond acceptors (Lipinski definition) is 2. The summed E-state index contributed by atoms with van der Waals surface area (Å²) in [4.78, 5) is 12.5. The van der Waals surface area contributed by atoms with Crippen molar-refractivity contribution in [1.82, 2.24) is 4.90 Å². The molecule has 0 bridgehead atoms. The Hall–Kier alpha value is -0.780. The van der Waals surface area contributed by atoms with Crippen LogP contribution in [0.5, 0.6) is 0 Å². The molecule has 1 aliphatic heterocycles. The number of carboxylic acids is 1. The van der Waals surface area contributed by atoms with Crippen molar-refractivity contribution in [2.45, 2.75) is 38.9 Å². The first kappa shape index (κ1) is 13.3. The Labute approximate surface area is 92.2 Å². The number of hydrogen-bond donors (Lipinski definition) is 1. The van der Waals surface area contributed by atoms with Crippen molar-refractivity contribution >= 4 is 5.97 Å². The Kier molecular flexibility index (Phi) is 3.52. The van der Waals surface area contributed by atoms with Gasteiger partial charge in [-0.3, -0.25) is 9.69 Å². The van der Waals surface area contributed by atoms with Crippen LogP contribution in [0, 0.1) is 5.41 Å². The van der Waals surface area contributed by atoms with Crippen LogP contribution in [0.25, 0.3) is 0 Å². The highest BCUT2D eigenvalue weighted by Gasteiger charge is 2.63. The highest BCUT2D eigenvalue weighted by atomic mass is 19.4. The maximum absolute atomic E-state index is 12.8. The summed E-state index contributed by atoms with van der Waals surface area (Å²) in [5.74, 6) is -1.76. The Morgan fingerprint density at radius 1 is 1.56 bits per heavy atom. The van der Waals surface area contributed by atoms with Gasteiger partial charge in [0.25, 0.3) is 0 Å². The zero-order valence-electron chi connectivity index (χ0n) is 9.34. The summed E-state index contributed by atoms with van der Waals surface area (Å²) < 4.78 is 38.4. The molecule has 1 heterocycles. The number of halogens is 3. The highest BCUT2D eigenvalue weighted by molar-refractivity contribution is 5.76. The third-order valence-corrected chi connectivity index (χ3v) is 3.46. The lowest BCUT2D eigenvalue weighted by Gasteiger charge is -2.29. The Balaban J connectivity index is 2.90. The summed E-state index contributed by atoms with van der Waals surface area (Å²) in [6.07, 6.45) is -4.31. The smallest absolute Gasteiger partial charge is 0.406 e. The van der Waals surface area contributed by atoms with Gasteiger partial charge in [-0.15, -0.1) is 0 Å². The molecule has 0 aromatic carbocycles. The molecule has 1 N–H and O–H groups in total. The van der Waals surface area contributed by atoms with Crippen molar-refractivity contribution in [1.29, 1.82) is 0 Å². The number of rotatable bonds is 3. The van der Waals surface area contributed by atoms with Crippen LogP contribution in [-0.4, -0.2) is 41.3 Å². The third-order valence-electron chi connectivity index (χ3n) is 3.46. The van der Waals surface area contributed by atoms with Crippen molar-refractivity contribution in [3.63, 3.8) is 0 Å². The Morgan fingerprint density at radius 3 is 2.44 bits per heavy atom. The number of alkyl halides is 3. The molecule has 0 amide bonds. The van der Waals surface area contributed by atoms with E-state index in [0.717, 1.165) is 0 Å². The molecule has 2 unspecified atom stereocenters. The van der Waals surface area contributed by atoms with Crippen LogP contribution in [0.4, 0.5) is 13.2 Å². The minimum atomic E-state index is -4.68. The molecule has 0 spiro atoms. The van der Waals surface area contributed by atoms with Gasteiger partial charge >= 0.3 is 12.1 Å². The van der Waals surface area contributed by atoms with Gasteiger partial charge in [0.2, 0.25) is 0 Å². The SMILES string of the molecule is CCC(C)N1CCC(C(=O)O)(C(F)(F)F)C1. The van der Waals surface area contributed by atoms with Crippen LogP contribution in [0.15, 0.2) is 0 Å². The minimum Gasteiger partial charge on any atom is -0.481 e. The van der Waals surface area contributed by atoms with Gasteiger partial charge in [0, 0.05) is 12.6 Å². The molecule has 1 fully saturated rings. The normalized spacial score (nSPS) is 29.3. The second kappa shape index (κ2) is 4.24. The molecule has 0 radical (unpaired) electrons. The van der Waals surface area contributed by atoms with Crippen LogP contribution in [-0.2, 0) is 4.79 Å². The first-order valence-corrected chi connectivity index (χ1v) is 5.29. The molecule has 1 aliphatic rings. The van der Waals surface area contributed by atoms with E-state index >= 15 is 0 Å². The van der Waals surface area contributed by atoms with Crippen LogP contribution < -0.4 is 0 Å². The summed E-state index contributed by atoms with van der Waals surface area (Å²) in [5, 5.41) is 8.82. The predicted molar refractivity (Wildman–Crippen MR) is 52.1 cm³/mol. The molecule has 0 aromatic rings. The molecule has 2 atom stereocenters. The second-order valence-corrected chi connectivity index (χ2v) is 4.36. The van der Waals surface area contributed by atoms with Crippen molar-refractivity contribution in [3.8, 4) is 0 Å². The van der Waals surface area contributed by atoms with Crippen molar-refractivity contribution in [2.24, 2.45) is 5.41 Å². The van der Waals surface area contributed by atoms with Gasteiger partial charge in [0.15, 0.2) is 5.41 Å². The third kappa shape index (κ3) is 2.03. The number of nitrogens with zero attached hydrogens (tertiary/aromatic N) is 1. The number of likely N-dealkylation sites (tertiary alicyclic amines) is 1. The second-order valence-electron chi connectivity index (χ2n) is 4.36. The molecule has 1 rings (SSSR count). The van der Waals surface area contributed by atoms with E-state index in [2.05, 4.69) is 0 Å². The number of carbonyl (C=O) groups is 1. The van der Waals surface area contributed by atoms with Crippen molar-refractivity contribution < 1.29 is 23.1 Å². The Morgan fingerprint density at radius 2 is 2.12 bits per heavy atom. The van der Waals surface area contributed by atoms with Crippen LogP contribution in [0.1, 0.15) is 26.7 Å². The summed E-state index contributed by atoms with van der Waals surface area (Å²) in [6.45, 7) is 3.45. The van der Waals surface area contributed by atoms with Gasteiger partial charge in [-0.2, -0.15) is 13.2 Å². The Bertz CT molecular complexity index is 280. The lowest BCUT2D eigenvalue weighted by molar-refractivity contribution is -0.227. The van der Waals surface area contributed by atoms with Gasteiger partial charge < -0.3 is 5.11 Å². The predicted octanol–water partition coefficient (Wildman–Crippen LogP) is 2.12. The fraction of sp³-hybridized carbons (Fsp3) is 0.900. The van der Waals surface area contributed by atoms with E-state index in [1.807, 2.05) is 13.8 Å². The molecule has 1 saturated heterocycles. The van der Waals surface area contributed by atoms with E-state index in [9.17, 15) is 18.0 Å². The average molecular weight is 239 g/mol. The lowest BCUT2D eigenvalue weighted by atomic mass is 9.86. The standard InChI is InChI=1S/C10H16F3NO2/c1-3-7(2)14-5-4-9(6-14,8(15)16)10(11,12)13/h7H,3-6H2,1-2H3,(H,15,16). The first-order valence-electron chi connectivity index (χ1n) is 5.29. The largest absolute Gasteiger partial charge is 0.481 e. The van der Waals surface area contributed by atoms with Crippen LogP contribution in [0.3, 0.4) is 0 Å². The van der Waals surface area contributed by atoms with E-state index < -0.39 is 24.1 Å². The fourth-order valence-electron chi connectivity index (χ4n) is 2.00. The molecular formula is C10H16F3NO2. The van der Waals surface area contributed by atoms with E-state index in [1.54, 1.807) is 4.90 Å². The van der Waals surface area contributed by atoms with E-state index in [-0.39, 0.29) is 19.0 Å². The lowest BCUT2D eigenvalue weighted by Crippen LogP contribution is -2.48. The van der Waals surface area contributed by atoms with Crippen LogP contribution in [0.2, 0.25) is 0 Å². The van der Waals surface area contributed by atoms with Crippen molar-refractivity contribution in [3.05, 3.63) is 0 Å². The van der Waals surface area contributed by atoms with E-state index in [4.69, 9.17) is 5.11 Å². The topological polar surface area (TPSA) is 40.5 Å². The minimum absolute atomic E-state index is 0.0106. The molecule has 94 valence electrons. The van der Waals surface area contributed by atoms with E-state index in [1.165, 1.54) is 0 Å². The molecule has 6 heteroatoms. The average Bonchev–Trinajstić information content (AvgIpc) is 2.61. The van der Waals surface area contributed by atoms with Crippen molar-refractivity contribution in [2.75, 3.05) is 13.1 Å².